The van der Waals surface area contributed by atoms with E-state index in [2.05, 4.69) is 66.4 Å². The minimum absolute atomic E-state index is 0.552. The quantitative estimate of drug-likeness (QED) is 0.166. The van der Waals surface area contributed by atoms with Gasteiger partial charge in [-0.15, -0.1) is 5.73 Å². The summed E-state index contributed by atoms with van der Waals surface area (Å²) in [4.78, 5) is 20.3. The summed E-state index contributed by atoms with van der Waals surface area (Å²) in [5.74, 6) is 1.73. The fourth-order valence-electron chi connectivity index (χ4n) is 6.92. The number of benzene rings is 7. The lowest BCUT2D eigenvalue weighted by molar-refractivity contribution is 1.07. The van der Waals surface area contributed by atoms with Gasteiger partial charge in [-0.3, -0.25) is 0 Å². The average molecular weight is 702 g/mol. The van der Waals surface area contributed by atoms with Gasteiger partial charge in [0, 0.05) is 44.3 Å². The van der Waals surface area contributed by atoms with Crippen LogP contribution in [0.5, 0.6) is 0 Å². The summed E-state index contributed by atoms with van der Waals surface area (Å²) in [6.45, 7) is 0. The lowest BCUT2D eigenvalue weighted by Crippen LogP contribution is -2.25. The van der Waals surface area contributed by atoms with Gasteiger partial charge in [0.1, 0.15) is 0 Å². The van der Waals surface area contributed by atoms with Crippen LogP contribution < -0.4 is 10.4 Å². The number of allylic oxidation sites excluding steroid dienone is 1. The second-order valence-corrected chi connectivity index (χ2v) is 13.1. The third-order valence-electron chi connectivity index (χ3n) is 9.60. The molecule has 1 aliphatic heterocycles. The van der Waals surface area contributed by atoms with Crippen molar-refractivity contribution in [3.8, 4) is 62.5 Å². The Hall–Kier alpha value is -7.77. The van der Waals surface area contributed by atoms with Crippen molar-refractivity contribution in [2.45, 2.75) is 0 Å². The van der Waals surface area contributed by atoms with Gasteiger partial charge in [-0.05, 0) is 46.5 Å². The van der Waals surface area contributed by atoms with Gasteiger partial charge in [0.25, 0.3) is 0 Å². The smallest absolute Gasteiger partial charge is 0.164 e. The van der Waals surface area contributed by atoms with E-state index in [1.807, 2.05) is 133 Å². The number of hydrogen-bond donors (Lipinski definition) is 0. The van der Waals surface area contributed by atoms with Gasteiger partial charge in [-0.2, -0.15) is 5.26 Å². The normalized spacial score (nSPS) is 11.8. The Kier molecular flexibility index (Phi) is 8.84. The first-order chi connectivity index (χ1) is 27.2. The van der Waals surface area contributed by atoms with Crippen molar-refractivity contribution >= 4 is 17.1 Å². The van der Waals surface area contributed by atoms with E-state index in [1.54, 1.807) is 0 Å². The zero-order valence-electron chi connectivity index (χ0n) is 29.6. The van der Waals surface area contributed by atoms with Gasteiger partial charge < -0.3 is 0 Å². The van der Waals surface area contributed by atoms with E-state index in [0.717, 1.165) is 71.9 Å². The van der Waals surface area contributed by atoms with Crippen LogP contribution in [0.3, 0.4) is 0 Å². The number of aromatic nitrogens is 3. The Labute approximate surface area is 319 Å². The first kappa shape index (κ1) is 33.1. The van der Waals surface area contributed by atoms with E-state index >= 15 is 0 Å². The molecule has 5 heteroatoms. The third-order valence-corrected chi connectivity index (χ3v) is 9.60. The van der Waals surface area contributed by atoms with Crippen LogP contribution >= 0.6 is 0 Å². The van der Waals surface area contributed by atoms with Gasteiger partial charge in [0.15, 0.2) is 17.5 Å². The van der Waals surface area contributed by atoms with Crippen LogP contribution in [0.25, 0.3) is 67.8 Å². The monoisotopic (exact) mass is 701 g/mol. The molecule has 9 rings (SSSR count). The van der Waals surface area contributed by atoms with Crippen molar-refractivity contribution in [2.24, 2.45) is 4.99 Å². The molecule has 0 fully saturated rings. The van der Waals surface area contributed by atoms with E-state index < -0.39 is 0 Å². The van der Waals surface area contributed by atoms with Crippen LogP contribution in [0.2, 0.25) is 0 Å². The third kappa shape index (κ3) is 6.69. The van der Waals surface area contributed by atoms with E-state index in [1.165, 1.54) is 0 Å². The molecule has 0 amide bonds. The van der Waals surface area contributed by atoms with E-state index in [4.69, 9.17) is 19.9 Å². The van der Waals surface area contributed by atoms with Crippen LogP contribution in [0.1, 0.15) is 16.7 Å². The topological polar surface area (TPSA) is 74.8 Å². The largest absolute Gasteiger partial charge is 0.246 e. The maximum Gasteiger partial charge on any atom is 0.164 e. The summed E-state index contributed by atoms with van der Waals surface area (Å²) in [5.41, 5.74) is 14.2. The number of rotatable bonds is 7. The number of fused-ring (bicyclic) bond motifs is 1. The number of nitriles is 1. The molecule has 1 aliphatic rings. The highest BCUT2D eigenvalue weighted by atomic mass is 15.0. The molecular formula is C50H31N5. The average Bonchev–Trinajstić information content (AvgIpc) is 3.47. The van der Waals surface area contributed by atoms with Crippen LogP contribution in [-0.2, 0) is 0 Å². The first-order valence-electron chi connectivity index (χ1n) is 18.0. The summed E-state index contributed by atoms with van der Waals surface area (Å²) < 4.78 is 0. The van der Waals surface area contributed by atoms with E-state index in [-0.39, 0.29) is 0 Å². The van der Waals surface area contributed by atoms with Gasteiger partial charge in [0.2, 0.25) is 0 Å². The Morgan fingerprint density at radius 3 is 1.64 bits per heavy atom. The molecule has 55 heavy (non-hydrogen) atoms. The van der Waals surface area contributed by atoms with Crippen molar-refractivity contribution in [3.63, 3.8) is 0 Å². The molecule has 2 heterocycles. The molecular weight excluding hydrogens is 671 g/mol. The molecule has 8 aromatic rings. The van der Waals surface area contributed by atoms with Gasteiger partial charge in [-0.25, -0.2) is 19.9 Å². The molecule has 0 saturated heterocycles. The molecule has 7 aromatic carbocycles. The van der Waals surface area contributed by atoms with Crippen LogP contribution in [0.15, 0.2) is 193 Å². The molecule has 0 atom stereocenters. The fraction of sp³-hybridized carbons (Fsp3) is 0. The van der Waals surface area contributed by atoms with Crippen LogP contribution in [0, 0.1) is 11.3 Å². The molecule has 0 aliphatic carbocycles. The zero-order valence-corrected chi connectivity index (χ0v) is 29.6. The summed E-state index contributed by atoms with van der Waals surface area (Å²) in [7, 11) is 0. The molecule has 0 saturated carbocycles. The van der Waals surface area contributed by atoms with Crippen molar-refractivity contribution < 1.29 is 0 Å². The number of aliphatic imine (C=N–C) groups is 1. The minimum Gasteiger partial charge on any atom is -0.246 e. The summed E-state index contributed by atoms with van der Waals surface area (Å²) >= 11 is 0. The molecule has 1 aromatic heterocycles. The molecule has 5 nitrogen and oxygen atoms in total. The molecule has 0 N–H and O–H groups in total. The summed E-state index contributed by atoms with van der Waals surface area (Å²) in [6.07, 6.45) is 1.99. The first-order valence-corrected chi connectivity index (χ1v) is 18.0. The van der Waals surface area contributed by atoms with Gasteiger partial charge >= 0.3 is 0 Å². The molecule has 0 spiro atoms. The van der Waals surface area contributed by atoms with Crippen molar-refractivity contribution in [1.82, 2.24) is 15.0 Å². The van der Waals surface area contributed by atoms with Crippen molar-refractivity contribution in [3.05, 3.63) is 215 Å². The highest BCUT2D eigenvalue weighted by Gasteiger charge is 2.19. The second-order valence-electron chi connectivity index (χ2n) is 13.1. The fourth-order valence-corrected chi connectivity index (χ4v) is 6.92. The van der Waals surface area contributed by atoms with E-state index in [9.17, 15) is 5.26 Å². The Bertz CT molecular complexity index is 2900. The highest BCUT2D eigenvalue weighted by Crippen LogP contribution is 2.38. The molecule has 0 bridgehead atoms. The van der Waals surface area contributed by atoms with Crippen LogP contribution in [-0.4, -0.2) is 20.7 Å². The maximum absolute atomic E-state index is 9.93. The van der Waals surface area contributed by atoms with Gasteiger partial charge in [-0.1, -0.05) is 158 Å². The molecule has 0 unspecified atom stereocenters. The Balaban J connectivity index is 1.26. The zero-order chi connectivity index (χ0) is 37.0. The van der Waals surface area contributed by atoms with Crippen molar-refractivity contribution in [1.29, 1.82) is 5.26 Å². The predicted octanol–water partition coefficient (Wildman–Crippen LogP) is 9.67. The van der Waals surface area contributed by atoms with Gasteiger partial charge in [0.05, 0.1) is 23.0 Å². The standard InChI is InChI=1S/C50H31N5/c51-33-34-15-14-23-39(31-34)45-32-40(50-54-48(37-19-6-2-7-20-37)53-49(55-50)38-21-8-3-9-22-38)27-29-43(45)42-25-12-13-26-44(42)46-30-28-35-16-10-11-24-41(35)47(52-46)36-17-4-1-5-18-36/h1-27,29-32H. The number of hydrogen-bond acceptors (Lipinski definition) is 5. The minimum atomic E-state index is 0.552. The highest BCUT2D eigenvalue weighted by molar-refractivity contribution is 6.16. The maximum atomic E-state index is 9.93. The van der Waals surface area contributed by atoms with E-state index in [0.29, 0.717) is 23.0 Å². The number of nitrogens with zero attached hydrogens (tertiary/aromatic N) is 5. The van der Waals surface area contributed by atoms with Crippen LogP contribution in [0.4, 0.5) is 0 Å². The SMILES string of the molecule is N#Cc1cccc(-c2cc(-c3nc(-c4ccccc4)nc(-c4ccccc4)n3)ccc2-c2ccccc2C2=NC(c3ccccc3)=c3ccccc3=C=C2)c1. The molecule has 0 radical (unpaired) electrons. The lowest BCUT2D eigenvalue weighted by Gasteiger charge is -2.17. The summed E-state index contributed by atoms with van der Waals surface area (Å²) in [6, 6.07) is 63.1. The summed E-state index contributed by atoms with van der Waals surface area (Å²) in [5, 5.41) is 11.9. The molecule has 256 valence electrons. The Morgan fingerprint density at radius 2 is 0.964 bits per heavy atom. The van der Waals surface area contributed by atoms with Crippen molar-refractivity contribution in [2.75, 3.05) is 0 Å². The lowest BCUT2D eigenvalue weighted by atomic mass is 9.88. The predicted molar refractivity (Wildman–Crippen MR) is 221 cm³/mol. The Morgan fingerprint density at radius 1 is 0.418 bits per heavy atom. The second kappa shape index (κ2) is 14.7.